The number of fused-ring (bicyclic) bond motifs is 1. The van der Waals surface area contributed by atoms with Crippen LogP contribution in [0.3, 0.4) is 0 Å². The Balaban J connectivity index is 1.69. The third-order valence-corrected chi connectivity index (χ3v) is 4.69. The van der Waals surface area contributed by atoms with Gasteiger partial charge < -0.3 is 19.8 Å². The number of methoxy groups -OCH3 is 1. The Morgan fingerprint density at radius 1 is 1.35 bits per heavy atom. The van der Waals surface area contributed by atoms with E-state index < -0.39 is 0 Å². The van der Waals surface area contributed by atoms with E-state index >= 15 is 0 Å². The molecule has 0 bridgehead atoms. The van der Waals surface area contributed by atoms with Crippen molar-refractivity contribution < 1.29 is 9.47 Å². The highest BCUT2D eigenvalue weighted by atomic mass is 16.5. The molecule has 3 aromatic heterocycles. The van der Waals surface area contributed by atoms with Gasteiger partial charge in [-0.25, -0.2) is 14.8 Å². The Labute approximate surface area is 150 Å². The van der Waals surface area contributed by atoms with Crippen LogP contribution in [-0.4, -0.2) is 39.8 Å². The molecule has 1 aliphatic heterocycles. The van der Waals surface area contributed by atoms with Crippen LogP contribution in [0, 0.1) is 6.92 Å². The highest BCUT2D eigenvalue weighted by Gasteiger charge is 2.20. The van der Waals surface area contributed by atoms with Crippen molar-refractivity contribution in [3.05, 3.63) is 40.6 Å². The van der Waals surface area contributed by atoms with E-state index in [-0.39, 0.29) is 11.7 Å². The molecular formula is C18H21N5O3. The van der Waals surface area contributed by atoms with Crippen molar-refractivity contribution in [3.63, 3.8) is 0 Å². The normalized spacial score (nSPS) is 15.3. The minimum atomic E-state index is -0.104. The molecule has 1 fully saturated rings. The number of aromatic amines is 1. The SMILES string of the molecule is COc1ccc(Nc2cc3c(cn2)[nH]c(=O)n3C2CCOCC2)c(C)n1. The fourth-order valence-electron chi connectivity index (χ4n) is 3.32. The number of anilines is 2. The Morgan fingerprint density at radius 3 is 2.88 bits per heavy atom. The van der Waals surface area contributed by atoms with Crippen molar-refractivity contribution in [1.82, 2.24) is 19.5 Å². The first-order valence-electron chi connectivity index (χ1n) is 8.62. The summed E-state index contributed by atoms with van der Waals surface area (Å²) in [5, 5.41) is 3.27. The van der Waals surface area contributed by atoms with E-state index in [2.05, 4.69) is 20.3 Å². The quantitative estimate of drug-likeness (QED) is 0.747. The van der Waals surface area contributed by atoms with Gasteiger partial charge >= 0.3 is 5.69 Å². The maximum absolute atomic E-state index is 12.4. The average molecular weight is 355 g/mol. The number of ether oxygens (including phenoxy) is 2. The van der Waals surface area contributed by atoms with E-state index in [0.717, 1.165) is 35.3 Å². The molecule has 1 saturated heterocycles. The summed E-state index contributed by atoms with van der Waals surface area (Å²) < 4.78 is 12.4. The van der Waals surface area contributed by atoms with Crippen LogP contribution in [0.15, 0.2) is 29.2 Å². The molecule has 0 atom stereocenters. The molecule has 8 nitrogen and oxygen atoms in total. The third-order valence-electron chi connectivity index (χ3n) is 4.69. The molecule has 0 aliphatic carbocycles. The van der Waals surface area contributed by atoms with Gasteiger partial charge in [-0.2, -0.15) is 0 Å². The molecule has 136 valence electrons. The predicted molar refractivity (Wildman–Crippen MR) is 98.3 cm³/mol. The fourth-order valence-corrected chi connectivity index (χ4v) is 3.32. The van der Waals surface area contributed by atoms with Gasteiger partial charge in [-0.05, 0) is 25.8 Å². The molecule has 4 heterocycles. The van der Waals surface area contributed by atoms with Gasteiger partial charge in [0.15, 0.2) is 0 Å². The molecule has 0 radical (unpaired) electrons. The number of hydrogen-bond donors (Lipinski definition) is 2. The molecule has 0 aromatic carbocycles. The Bertz CT molecular complexity index is 988. The zero-order valence-corrected chi connectivity index (χ0v) is 14.8. The smallest absolute Gasteiger partial charge is 0.326 e. The van der Waals surface area contributed by atoms with Crippen LogP contribution in [0.1, 0.15) is 24.6 Å². The molecule has 0 unspecified atom stereocenters. The molecule has 0 spiro atoms. The Hall–Kier alpha value is -2.87. The lowest BCUT2D eigenvalue weighted by molar-refractivity contribution is 0.0698. The number of imidazole rings is 1. The third kappa shape index (κ3) is 3.03. The first kappa shape index (κ1) is 16.6. The molecule has 0 amide bonds. The van der Waals surface area contributed by atoms with E-state index in [9.17, 15) is 4.79 Å². The van der Waals surface area contributed by atoms with E-state index in [1.165, 1.54) is 0 Å². The minimum absolute atomic E-state index is 0.104. The summed E-state index contributed by atoms with van der Waals surface area (Å²) in [6.45, 7) is 3.25. The number of aromatic nitrogens is 4. The number of nitrogens with one attached hydrogen (secondary N) is 2. The number of H-pyrrole nitrogens is 1. The fraction of sp³-hybridized carbons (Fsp3) is 0.389. The van der Waals surface area contributed by atoms with E-state index in [1.807, 2.05) is 23.6 Å². The second-order valence-electron chi connectivity index (χ2n) is 6.34. The maximum atomic E-state index is 12.4. The van der Waals surface area contributed by atoms with Gasteiger partial charge in [0.1, 0.15) is 5.82 Å². The van der Waals surface area contributed by atoms with Crippen LogP contribution in [0.5, 0.6) is 5.88 Å². The number of hydrogen-bond acceptors (Lipinski definition) is 6. The van der Waals surface area contributed by atoms with Gasteiger partial charge in [0.25, 0.3) is 0 Å². The molecular weight excluding hydrogens is 334 g/mol. The second-order valence-corrected chi connectivity index (χ2v) is 6.34. The number of nitrogens with zero attached hydrogens (tertiary/aromatic N) is 3. The van der Waals surface area contributed by atoms with Crippen LogP contribution in [0.2, 0.25) is 0 Å². The second kappa shape index (κ2) is 6.80. The molecule has 8 heteroatoms. The predicted octanol–water partition coefficient (Wildman–Crippen LogP) is 2.53. The van der Waals surface area contributed by atoms with E-state index in [1.54, 1.807) is 19.4 Å². The van der Waals surface area contributed by atoms with Crippen molar-refractivity contribution in [2.75, 3.05) is 25.6 Å². The standard InChI is InChI=1S/C18H21N5O3/c1-11-13(3-4-17(20-11)25-2)21-16-9-15-14(10-19-16)22-18(24)23(15)12-5-7-26-8-6-12/h3-4,9-10,12H,5-8H2,1-2H3,(H,19,21)(H,22,24). The zero-order chi connectivity index (χ0) is 18.1. The first-order valence-corrected chi connectivity index (χ1v) is 8.62. The molecule has 2 N–H and O–H groups in total. The lowest BCUT2D eigenvalue weighted by Crippen LogP contribution is -2.27. The summed E-state index contributed by atoms with van der Waals surface area (Å²) in [4.78, 5) is 24.1. The number of aryl methyl sites for hydroxylation is 1. The van der Waals surface area contributed by atoms with Crippen molar-refractivity contribution in [1.29, 1.82) is 0 Å². The number of rotatable bonds is 4. The van der Waals surface area contributed by atoms with Gasteiger partial charge in [-0.15, -0.1) is 0 Å². The van der Waals surface area contributed by atoms with Crippen LogP contribution >= 0.6 is 0 Å². The Morgan fingerprint density at radius 2 is 2.15 bits per heavy atom. The molecule has 0 saturated carbocycles. The largest absolute Gasteiger partial charge is 0.481 e. The van der Waals surface area contributed by atoms with Gasteiger partial charge in [0.2, 0.25) is 5.88 Å². The first-order chi connectivity index (χ1) is 12.7. The zero-order valence-electron chi connectivity index (χ0n) is 14.8. The molecule has 1 aliphatic rings. The summed E-state index contributed by atoms with van der Waals surface area (Å²) in [5.74, 6) is 1.22. The van der Waals surface area contributed by atoms with Crippen molar-refractivity contribution >= 4 is 22.5 Å². The monoisotopic (exact) mass is 355 g/mol. The highest BCUT2D eigenvalue weighted by molar-refractivity contribution is 5.78. The minimum Gasteiger partial charge on any atom is -0.481 e. The van der Waals surface area contributed by atoms with Gasteiger partial charge in [-0.1, -0.05) is 0 Å². The summed E-state index contributed by atoms with van der Waals surface area (Å²) in [6.07, 6.45) is 3.35. The lowest BCUT2D eigenvalue weighted by Gasteiger charge is -2.23. The van der Waals surface area contributed by atoms with Gasteiger partial charge in [-0.3, -0.25) is 4.57 Å². The average Bonchev–Trinajstić information content (AvgIpc) is 2.99. The Kier molecular flexibility index (Phi) is 4.34. The van der Waals surface area contributed by atoms with Crippen LogP contribution in [0.25, 0.3) is 11.0 Å². The van der Waals surface area contributed by atoms with Crippen LogP contribution < -0.4 is 15.7 Å². The molecule has 4 rings (SSSR count). The summed E-state index contributed by atoms with van der Waals surface area (Å²) >= 11 is 0. The topological polar surface area (TPSA) is 94.1 Å². The van der Waals surface area contributed by atoms with Crippen molar-refractivity contribution in [3.8, 4) is 5.88 Å². The van der Waals surface area contributed by atoms with Crippen LogP contribution in [-0.2, 0) is 4.74 Å². The lowest BCUT2D eigenvalue weighted by atomic mass is 10.1. The molecule has 26 heavy (non-hydrogen) atoms. The summed E-state index contributed by atoms with van der Waals surface area (Å²) in [5.41, 5.74) is 3.12. The summed E-state index contributed by atoms with van der Waals surface area (Å²) in [6, 6.07) is 5.73. The molecule has 3 aromatic rings. The van der Waals surface area contributed by atoms with E-state index in [4.69, 9.17) is 9.47 Å². The van der Waals surface area contributed by atoms with Crippen LogP contribution in [0.4, 0.5) is 11.5 Å². The highest BCUT2D eigenvalue weighted by Crippen LogP contribution is 2.26. The van der Waals surface area contributed by atoms with Gasteiger partial charge in [0, 0.05) is 31.4 Å². The van der Waals surface area contributed by atoms with Gasteiger partial charge in [0.05, 0.1) is 35.7 Å². The van der Waals surface area contributed by atoms with Crippen molar-refractivity contribution in [2.45, 2.75) is 25.8 Å². The van der Waals surface area contributed by atoms with Crippen molar-refractivity contribution in [2.24, 2.45) is 0 Å². The maximum Gasteiger partial charge on any atom is 0.326 e. The van der Waals surface area contributed by atoms with E-state index in [0.29, 0.717) is 24.9 Å². The number of pyridine rings is 2. The summed E-state index contributed by atoms with van der Waals surface area (Å²) in [7, 11) is 1.59.